The van der Waals surface area contributed by atoms with Crippen molar-refractivity contribution in [3.8, 4) is 28.3 Å². The number of anilines is 1. The minimum Gasteiger partial charge on any atom is -0.481 e. The summed E-state index contributed by atoms with van der Waals surface area (Å²) in [5, 5.41) is 19.9. The summed E-state index contributed by atoms with van der Waals surface area (Å²) >= 11 is 1.89. The molecule has 3 aliphatic rings. The Morgan fingerprint density at radius 1 is 1.03 bits per heavy atom. The molecule has 0 spiro atoms. The number of nitrogens with zero attached hydrogens (tertiary/aromatic N) is 5. The van der Waals surface area contributed by atoms with Gasteiger partial charge in [0.25, 0.3) is 0 Å². The van der Waals surface area contributed by atoms with Crippen LogP contribution in [0.3, 0.4) is 0 Å². The van der Waals surface area contributed by atoms with Crippen molar-refractivity contribution in [2.45, 2.75) is 68.9 Å². The quantitative estimate of drug-likeness (QED) is 0.480. The number of ether oxygens (including phenoxy) is 1. The van der Waals surface area contributed by atoms with E-state index in [-0.39, 0.29) is 7.05 Å². The number of aryl methyl sites for hydroxylation is 1. The fourth-order valence-electron chi connectivity index (χ4n) is 6.61. The first kappa shape index (κ1) is 24.7. The number of thioether (sulfide) groups is 1. The molecule has 7 nitrogen and oxygen atoms in total. The molecule has 0 radical (unpaired) electrons. The largest absolute Gasteiger partial charge is 0.481 e. The van der Waals surface area contributed by atoms with Crippen LogP contribution >= 0.6 is 11.8 Å². The third-order valence-electron chi connectivity index (χ3n) is 8.26. The van der Waals surface area contributed by atoms with Crippen LogP contribution < -0.4 is 9.64 Å². The highest BCUT2D eigenvalue weighted by Gasteiger charge is 2.43. The Labute approximate surface area is 223 Å². The summed E-state index contributed by atoms with van der Waals surface area (Å²) in [4.78, 5) is 10.3. The number of methoxy groups -OCH3 is 1. The molecule has 2 bridgehead atoms. The average molecular weight is 515 g/mol. The maximum absolute atomic E-state index is 10.4. The predicted molar refractivity (Wildman–Crippen MR) is 150 cm³/mol. The molecule has 3 atom stereocenters. The summed E-state index contributed by atoms with van der Waals surface area (Å²) in [5.41, 5.74) is 5.40. The lowest BCUT2D eigenvalue weighted by molar-refractivity contribution is 0.0896. The van der Waals surface area contributed by atoms with Crippen LogP contribution in [0.15, 0.2) is 47.5 Å². The van der Waals surface area contributed by atoms with Gasteiger partial charge in [0.15, 0.2) is 5.82 Å². The standard InChI is InChI=1S/C28H34BN5O2S/c1-18-13-19(20-9-10-30-27(14-20)36-3)7-8-24(18)25-17-26-28(32-31-25)33(11-12-37-26)23-15-21-5-4-6-22(16-23)34(21)29(2)35/h7-10,13-14,17,21-23,35H,4-6,11-12,15-16H2,1-3H3/t21-,22?,23-/m0/s1. The predicted octanol–water partition coefficient (Wildman–Crippen LogP) is 4.93. The molecule has 6 rings (SSSR count). The van der Waals surface area contributed by atoms with Crippen LogP contribution in [0.4, 0.5) is 5.82 Å². The van der Waals surface area contributed by atoms with Gasteiger partial charge in [0.1, 0.15) is 0 Å². The van der Waals surface area contributed by atoms with Gasteiger partial charge in [-0.2, -0.15) is 0 Å². The minimum atomic E-state index is -0.363. The number of benzene rings is 1. The lowest BCUT2D eigenvalue weighted by Crippen LogP contribution is -2.61. The van der Waals surface area contributed by atoms with Gasteiger partial charge in [0.2, 0.25) is 5.88 Å². The highest BCUT2D eigenvalue weighted by molar-refractivity contribution is 7.99. The van der Waals surface area contributed by atoms with Crippen LogP contribution in [-0.4, -0.2) is 69.6 Å². The fraction of sp³-hybridized carbons (Fsp3) is 0.464. The summed E-state index contributed by atoms with van der Waals surface area (Å²) < 4.78 is 5.29. The summed E-state index contributed by atoms with van der Waals surface area (Å²) in [6.45, 7) is 5.06. The van der Waals surface area contributed by atoms with E-state index in [0.29, 0.717) is 24.0 Å². The van der Waals surface area contributed by atoms with E-state index in [1.165, 1.54) is 29.7 Å². The molecule has 3 aliphatic heterocycles. The van der Waals surface area contributed by atoms with Gasteiger partial charge in [0, 0.05) is 48.2 Å². The highest BCUT2D eigenvalue weighted by atomic mass is 32.2. The Bertz CT molecular complexity index is 1280. The second kappa shape index (κ2) is 10.3. The molecule has 1 aromatic carbocycles. The van der Waals surface area contributed by atoms with Crippen molar-refractivity contribution in [2.75, 3.05) is 24.3 Å². The molecule has 2 saturated heterocycles. The molecular weight excluding hydrogens is 481 g/mol. The van der Waals surface area contributed by atoms with E-state index in [9.17, 15) is 5.02 Å². The Hall–Kier alpha value is -2.62. The molecule has 0 amide bonds. The maximum atomic E-state index is 10.4. The highest BCUT2D eigenvalue weighted by Crippen LogP contribution is 2.42. The zero-order valence-corrected chi connectivity index (χ0v) is 22.6. The lowest BCUT2D eigenvalue weighted by atomic mass is 9.71. The van der Waals surface area contributed by atoms with Gasteiger partial charge in [-0.1, -0.05) is 24.6 Å². The number of hydrogen-bond acceptors (Lipinski definition) is 8. The van der Waals surface area contributed by atoms with E-state index in [1.54, 1.807) is 13.3 Å². The lowest BCUT2D eigenvalue weighted by Gasteiger charge is -2.52. The summed E-state index contributed by atoms with van der Waals surface area (Å²) in [6.07, 6.45) is 7.59. The molecule has 1 N–H and O–H groups in total. The van der Waals surface area contributed by atoms with Gasteiger partial charge >= 0.3 is 7.05 Å². The number of fused-ring (bicyclic) bond motifs is 3. The van der Waals surface area contributed by atoms with Crippen LogP contribution in [0, 0.1) is 6.92 Å². The number of pyridine rings is 1. The molecule has 2 aromatic heterocycles. The minimum absolute atomic E-state index is 0.363. The van der Waals surface area contributed by atoms with E-state index >= 15 is 0 Å². The average Bonchev–Trinajstić information content (AvgIpc) is 2.91. The van der Waals surface area contributed by atoms with E-state index in [0.717, 1.165) is 53.3 Å². The first-order chi connectivity index (χ1) is 18.0. The van der Waals surface area contributed by atoms with E-state index in [4.69, 9.17) is 14.9 Å². The topological polar surface area (TPSA) is 74.6 Å². The van der Waals surface area contributed by atoms with Gasteiger partial charge < -0.3 is 19.5 Å². The van der Waals surface area contributed by atoms with Crippen molar-refractivity contribution < 1.29 is 9.76 Å². The first-order valence-electron chi connectivity index (χ1n) is 13.4. The second-order valence-corrected chi connectivity index (χ2v) is 11.7. The van der Waals surface area contributed by atoms with Gasteiger partial charge in [-0.15, -0.1) is 22.0 Å². The molecule has 192 valence electrons. The Morgan fingerprint density at radius 3 is 2.54 bits per heavy atom. The zero-order chi connectivity index (χ0) is 25.5. The molecule has 3 aromatic rings. The molecule has 9 heteroatoms. The summed E-state index contributed by atoms with van der Waals surface area (Å²) in [6, 6.07) is 14.0. The third-order valence-corrected chi connectivity index (χ3v) is 9.26. The summed E-state index contributed by atoms with van der Waals surface area (Å²) in [7, 11) is 1.27. The fourth-order valence-corrected chi connectivity index (χ4v) is 7.60. The summed E-state index contributed by atoms with van der Waals surface area (Å²) in [5.74, 6) is 2.71. The van der Waals surface area contributed by atoms with Crippen LogP contribution in [0.5, 0.6) is 5.88 Å². The molecule has 2 fully saturated rings. The Kier molecular flexibility index (Phi) is 6.86. The molecule has 1 unspecified atom stereocenters. The van der Waals surface area contributed by atoms with Gasteiger partial charge in [-0.25, -0.2) is 4.98 Å². The molecule has 5 heterocycles. The van der Waals surface area contributed by atoms with Gasteiger partial charge in [-0.05, 0) is 68.3 Å². The van der Waals surface area contributed by atoms with Crippen molar-refractivity contribution in [1.29, 1.82) is 0 Å². The van der Waals surface area contributed by atoms with E-state index in [2.05, 4.69) is 45.9 Å². The van der Waals surface area contributed by atoms with Crippen molar-refractivity contribution in [3.63, 3.8) is 0 Å². The SMILES string of the molecule is COc1cc(-c2ccc(-c3cc4c(nn3)N([C@@H]3CC5CCC[C@@H](C3)N5B(C)O)CCS4)c(C)c2)ccn1. The van der Waals surface area contributed by atoms with E-state index < -0.39 is 0 Å². The molecule has 0 aliphatic carbocycles. The third kappa shape index (κ3) is 4.73. The number of piperidine rings is 2. The Balaban J connectivity index is 1.25. The molecule has 37 heavy (non-hydrogen) atoms. The zero-order valence-electron chi connectivity index (χ0n) is 21.8. The van der Waals surface area contributed by atoms with Crippen LogP contribution in [0.1, 0.15) is 37.7 Å². The monoisotopic (exact) mass is 515 g/mol. The maximum Gasteiger partial charge on any atom is 0.376 e. The smallest absolute Gasteiger partial charge is 0.376 e. The second-order valence-electron chi connectivity index (χ2n) is 10.5. The van der Waals surface area contributed by atoms with Crippen LogP contribution in [0.2, 0.25) is 6.82 Å². The number of hydrogen-bond donors (Lipinski definition) is 1. The van der Waals surface area contributed by atoms with Crippen molar-refractivity contribution in [1.82, 2.24) is 20.0 Å². The van der Waals surface area contributed by atoms with Crippen molar-refractivity contribution in [3.05, 3.63) is 48.2 Å². The first-order valence-corrected chi connectivity index (χ1v) is 14.3. The van der Waals surface area contributed by atoms with Gasteiger partial charge in [0.05, 0.1) is 17.7 Å². The van der Waals surface area contributed by atoms with E-state index in [1.807, 2.05) is 30.7 Å². The van der Waals surface area contributed by atoms with Crippen molar-refractivity contribution in [2.24, 2.45) is 0 Å². The molecular formula is C28H34BN5O2S. The van der Waals surface area contributed by atoms with Crippen LogP contribution in [-0.2, 0) is 0 Å². The molecule has 0 saturated carbocycles. The van der Waals surface area contributed by atoms with Crippen LogP contribution in [0.25, 0.3) is 22.4 Å². The number of rotatable bonds is 5. The Morgan fingerprint density at radius 2 is 1.81 bits per heavy atom. The number of aromatic nitrogens is 3. The normalized spacial score (nSPS) is 23.5. The van der Waals surface area contributed by atoms with Crippen molar-refractivity contribution >= 4 is 24.6 Å². The van der Waals surface area contributed by atoms with Gasteiger partial charge in [-0.3, -0.25) is 0 Å².